The molecule has 0 radical (unpaired) electrons. The molecule has 0 aliphatic rings. The number of pyridine rings is 2. The van der Waals surface area contributed by atoms with E-state index < -0.39 is 0 Å². The molecular weight excluding hydrogens is 252 g/mol. The van der Waals surface area contributed by atoms with Crippen molar-refractivity contribution in [2.75, 3.05) is 0 Å². The van der Waals surface area contributed by atoms with E-state index in [1.165, 1.54) is 25.3 Å². The summed E-state index contributed by atoms with van der Waals surface area (Å²) in [7, 11) is 0. The summed E-state index contributed by atoms with van der Waals surface area (Å²) in [6, 6.07) is 6.62. The van der Waals surface area contributed by atoms with Crippen molar-refractivity contribution in [3.05, 3.63) is 36.2 Å². The van der Waals surface area contributed by atoms with Crippen LogP contribution in [0.25, 0.3) is 11.4 Å². The lowest BCUT2D eigenvalue weighted by atomic mass is 10.1. The summed E-state index contributed by atoms with van der Waals surface area (Å²) in [5.41, 5.74) is 1.58. The Bertz CT molecular complexity index is 570. The van der Waals surface area contributed by atoms with E-state index >= 15 is 0 Å². The highest BCUT2D eigenvalue weighted by atomic mass is 16.3. The number of rotatable bonds is 6. The van der Waals surface area contributed by atoms with E-state index in [4.69, 9.17) is 0 Å². The molecular formula is C16H20N2O2. The molecule has 0 saturated carbocycles. The number of unbranched alkanes of at least 4 members (excludes halogenated alkanes) is 3. The molecule has 106 valence electrons. The highest BCUT2D eigenvalue weighted by molar-refractivity contribution is 5.67. The first-order valence-corrected chi connectivity index (χ1v) is 7.05. The number of hydrogen-bond acceptors (Lipinski definition) is 4. The van der Waals surface area contributed by atoms with E-state index in [-0.39, 0.29) is 11.5 Å². The molecule has 4 nitrogen and oxygen atoms in total. The Morgan fingerprint density at radius 1 is 0.950 bits per heavy atom. The molecule has 0 atom stereocenters. The van der Waals surface area contributed by atoms with E-state index in [0.717, 1.165) is 18.5 Å². The predicted molar refractivity (Wildman–Crippen MR) is 78.6 cm³/mol. The van der Waals surface area contributed by atoms with Crippen molar-refractivity contribution in [1.29, 1.82) is 0 Å². The lowest BCUT2D eigenvalue weighted by Gasteiger charge is -2.07. The normalized spacial score (nSPS) is 10.7. The van der Waals surface area contributed by atoms with E-state index in [1.807, 2.05) is 6.07 Å². The average Bonchev–Trinajstić information content (AvgIpc) is 2.46. The molecule has 2 aromatic heterocycles. The van der Waals surface area contributed by atoms with Crippen molar-refractivity contribution in [1.82, 2.24) is 9.97 Å². The van der Waals surface area contributed by atoms with Gasteiger partial charge in [-0.2, -0.15) is 0 Å². The minimum Gasteiger partial charge on any atom is -0.506 e. The second-order valence-corrected chi connectivity index (χ2v) is 4.85. The van der Waals surface area contributed by atoms with E-state index in [2.05, 4.69) is 16.9 Å². The summed E-state index contributed by atoms with van der Waals surface area (Å²) in [5.74, 6) is 0.0646. The van der Waals surface area contributed by atoms with Crippen LogP contribution in [0, 0.1) is 0 Å². The first-order chi connectivity index (χ1) is 9.72. The number of aromatic nitrogens is 2. The van der Waals surface area contributed by atoms with Crippen LogP contribution >= 0.6 is 0 Å². The highest BCUT2D eigenvalue weighted by Crippen LogP contribution is 2.31. The van der Waals surface area contributed by atoms with Gasteiger partial charge in [0.2, 0.25) is 0 Å². The summed E-state index contributed by atoms with van der Waals surface area (Å²) in [4.78, 5) is 8.52. The van der Waals surface area contributed by atoms with Crippen molar-refractivity contribution in [2.45, 2.75) is 39.0 Å². The van der Waals surface area contributed by atoms with Gasteiger partial charge in [-0.3, -0.25) is 4.98 Å². The molecule has 20 heavy (non-hydrogen) atoms. The van der Waals surface area contributed by atoms with E-state index in [1.54, 1.807) is 18.3 Å². The average molecular weight is 272 g/mol. The molecule has 0 amide bonds. The Labute approximate surface area is 119 Å². The lowest BCUT2D eigenvalue weighted by molar-refractivity contribution is 0.465. The van der Waals surface area contributed by atoms with Crippen LogP contribution in [0.3, 0.4) is 0 Å². The number of aryl methyl sites for hydroxylation is 1. The van der Waals surface area contributed by atoms with Gasteiger partial charge < -0.3 is 10.2 Å². The fourth-order valence-electron chi connectivity index (χ4n) is 2.12. The molecule has 2 rings (SSSR count). The monoisotopic (exact) mass is 272 g/mol. The second-order valence-electron chi connectivity index (χ2n) is 4.85. The molecule has 0 bridgehead atoms. The van der Waals surface area contributed by atoms with Gasteiger partial charge in [0.15, 0.2) is 0 Å². The molecule has 2 heterocycles. The third-order valence-corrected chi connectivity index (χ3v) is 3.23. The zero-order valence-corrected chi connectivity index (χ0v) is 11.7. The molecule has 0 spiro atoms. The molecule has 0 aromatic carbocycles. The van der Waals surface area contributed by atoms with Crippen LogP contribution in [0.1, 0.15) is 38.3 Å². The van der Waals surface area contributed by atoms with Crippen LogP contribution in [0.4, 0.5) is 0 Å². The van der Waals surface area contributed by atoms with Gasteiger partial charge in [-0.1, -0.05) is 26.2 Å². The summed E-state index contributed by atoms with van der Waals surface area (Å²) in [6.07, 6.45) is 7.15. The lowest BCUT2D eigenvalue weighted by Crippen LogP contribution is -1.95. The minimum atomic E-state index is 0.0263. The van der Waals surface area contributed by atoms with Crippen molar-refractivity contribution in [2.24, 2.45) is 0 Å². The van der Waals surface area contributed by atoms with Crippen LogP contribution in [0.2, 0.25) is 0 Å². The van der Waals surface area contributed by atoms with Crippen molar-refractivity contribution < 1.29 is 10.2 Å². The fraction of sp³-hybridized carbons (Fsp3) is 0.375. The number of hydrogen-bond donors (Lipinski definition) is 2. The smallest absolute Gasteiger partial charge is 0.143 e. The first-order valence-electron chi connectivity index (χ1n) is 7.05. The number of nitrogens with zero attached hydrogens (tertiary/aromatic N) is 2. The standard InChI is InChI=1S/C16H20N2O2/c1-2-3-4-5-7-12-9-10-14(20)16(18-12)15-13(19)8-6-11-17-15/h6,8-11,19-20H,2-5,7H2,1H3. The van der Waals surface area contributed by atoms with Gasteiger partial charge in [-0.05, 0) is 37.1 Å². The zero-order chi connectivity index (χ0) is 14.4. The van der Waals surface area contributed by atoms with Gasteiger partial charge >= 0.3 is 0 Å². The van der Waals surface area contributed by atoms with Gasteiger partial charge in [-0.15, -0.1) is 0 Å². The van der Waals surface area contributed by atoms with Crippen LogP contribution in [0.15, 0.2) is 30.5 Å². The summed E-state index contributed by atoms with van der Waals surface area (Å²) in [6.45, 7) is 2.18. The highest BCUT2D eigenvalue weighted by Gasteiger charge is 2.12. The van der Waals surface area contributed by atoms with Crippen LogP contribution in [-0.4, -0.2) is 20.2 Å². The maximum atomic E-state index is 9.91. The molecule has 4 heteroatoms. The van der Waals surface area contributed by atoms with Crippen molar-refractivity contribution in [3.63, 3.8) is 0 Å². The Morgan fingerprint density at radius 2 is 1.75 bits per heavy atom. The summed E-state index contributed by atoms with van der Waals surface area (Å²) >= 11 is 0. The van der Waals surface area contributed by atoms with Crippen LogP contribution < -0.4 is 0 Å². The van der Waals surface area contributed by atoms with Crippen LogP contribution in [-0.2, 0) is 6.42 Å². The third-order valence-electron chi connectivity index (χ3n) is 3.23. The Morgan fingerprint density at radius 3 is 2.50 bits per heavy atom. The molecule has 0 unspecified atom stereocenters. The SMILES string of the molecule is CCCCCCc1ccc(O)c(-c2ncccc2O)n1. The van der Waals surface area contributed by atoms with Gasteiger partial charge in [0.25, 0.3) is 0 Å². The first kappa shape index (κ1) is 14.3. The number of aromatic hydroxyl groups is 2. The molecule has 0 aliphatic heterocycles. The van der Waals surface area contributed by atoms with E-state index in [9.17, 15) is 10.2 Å². The zero-order valence-electron chi connectivity index (χ0n) is 11.7. The Balaban J connectivity index is 2.19. The topological polar surface area (TPSA) is 66.2 Å². The largest absolute Gasteiger partial charge is 0.506 e. The third kappa shape index (κ3) is 3.47. The Hall–Kier alpha value is -2.10. The predicted octanol–water partition coefficient (Wildman–Crippen LogP) is 3.68. The second kappa shape index (κ2) is 6.89. The van der Waals surface area contributed by atoms with Crippen LogP contribution in [0.5, 0.6) is 11.5 Å². The summed E-state index contributed by atoms with van der Waals surface area (Å²) < 4.78 is 0. The van der Waals surface area contributed by atoms with Gasteiger partial charge in [-0.25, -0.2) is 4.98 Å². The maximum Gasteiger partial charge on any atom is 0.143 e. The molecule has 0 fully saturated rings. The summed E-state index contributed by atoms with van der Waals surface area (Å²) in [5, 5.41) is 19.7. The van der Waals surface area contributed by atoms with E-state index in [0.29, 0.717) is 11.4 Å². The molecule has 0 aliphatic carbocycles. The van der Waals surface area contributed by atoms with Gasteiger partial charge in [0.05, 0.1) is 0 Å². The maximum absolute atomic E-state index is 9.91. The molecule has 2 N–H and O–H groups in total. The van der Waals surface area contributed by atoms with Crippen molar-refractivity contribution >= 4 is 0 Å². The quantitative estimate of drug-likeness (QED) is 0.787. The fourth-order valence-corrected chi connectivity index (χ4v) is 2.12. The van der Waals surface area contributed by atoms with Gasteiger partial charge in [0.1, 0.15) is 22.9 Å². The molecule has 0 saturated heterocycles. The minimum absolute atomic E-state index is 0.0263. The Kier molecular flexibility index (Phi) is 4.93. The molecule has 2 aromatic rings. The van der Waals surface area contributed by atoms with Gasteiger partial charge in [0, 0.05) is 11.9 Å². The van der Waals surface area contributed by atoms with Crippen molar-refractivity contribution in [3.8, 4) is 22.9 Å².